The summed E-state index contributed by atoms with van der Waals surface area (Å²) < 4.78 is 4.95. The number of benzene rings is 2. The Bertz CT molecular complexity index is 1050. The number of carbonyl (C=O) groups is 1. The molecule has 0 fully saturated rings. The second-order valence-corrected chi connectivity index (χ2v) is 6.88. The number of nitro benzene ring substituents is 1. The third kappa shape index (κ3) is 4.21. The zero-order valence-electron chi connectivity index (χ0n) is 15.1. The largest absolute Gasteiger partial charge is 0.490 e. The van der Waals surface area contributed by atoms with Gasteiger partial charge in [-0.05, 0) is 19.1 Å². The number of carbonyl (C=O) groups excluding carboxylic acids is 1. The number of ether oxygens (including phenoxy) is 1. The molecule has 3 rings (SSSR count). The van der Waals surface area contributed by atoms with Crippen LogP contribution in [0, 0.1) is 17.0 Å². The lowest BCUT2D eigenvalue weighted by atomic mass is 10.2. The molecule has 142 valence electrons. The summed E-state index contributed by atoms with van der Waals surface area (Å²) in [4.78, 5) is 28.0. The Labute approximate surface area is 164 Å². The first kappa shape index (κ1) is 19.2. The molecule has 0 spiro atoms. The van der Waals surface area contributed by atoms with Gasteiger partial charge in [0.25, 0.3) is 5.91 Å². The van der Waals surface area contributed by atoms with Crippen molar-refractivity contribution in [3.63, 3.8) is 0 Å². The fourth-order valence-electron chi connectivity index (χ4n) is 2.46. The first-order valence-electron chi connectivity index (χ1n) is 8.18. The second-order valence-electron chi connectivity index (χ2n) is 5.68. The van der Waals surface area contributed by atoms with E-state index in [0.29, 0.717) is 11.3 Å². The van der Waals surface area contributed by atoms with Crippen LogP contribution < -0.4 is 10.2 Å². The normalized spacial score (nSPS) is 10.8. The number of nitro groups is 1. The van der Waals surface area contributed by atoms with Crippen molar-refractivity contribution in [2.45, 2.75) is 6.92 Å². The van der Waals surface area contributed by atoms with E-state index in [1.807, 2.05) is 37.3 Å². The average molecular weight is 396 g/mol. The first-order valence-corrected chi connectivity index (χ1v) is 9.00. The van der Waals surface area contributed by atoms with Crippen LogP contribution in [0.1, 0.15) is 20.9 Å². The maximum absolute atomic E-state index is 12.4. The Kier molecular flexibility index (Phi) is 5.75. The van der Waals surface area contributed by atoms with Gasteiger partial charge in [0.2, 0.25) is 0 Å². The predicted molar refractivity (Wildman–Crippen MR) is 107 cm³/mol. The molecular formula is C19H16N4O4S. The van der Waals surface area contributed by atoms with Crippen molar-refractivity contribution in [2.75, 3.05) is 7.11 Å². The highest BCUT2D eigenvalue weighted by Gasteiger charge is 2.16. The van der Waals surface area contributed by atoms with Gasteiger partial charge in [-0.25, -0.2) is 10.4 Å². The number of rotatable bonds is 6. The number of nitrogens with one attached hydrogen (secondary N) is 1. The lowest BCUT2D eigenvalue weighted by Gasteiger charge is -2.02. The number of hydrogen-bond acceptors (Lipinski definition) is 7. The lowest BCUT2D eigenvalue weighted by Crippen LogP contribution is -2.19. The fourth-order valence-corrected chi connectivity index (χ4v) is 3.38. The standard InChI is InChI=1S/C19H16N4O4S/c1-12-17(21-19(28-12)14-6-4-3-5-7-14)18(24)22-20-11-13-8-9-16(27-2)15(10-13)23(25)26/h3-11H,1-2H3,(H,22,24)/b20-11-. The van der Waals surface area contributed by atoms with E-state index >= 15 is 0 Å². The summed E-state index contributed by atoms with van der Waals surface area (Å²) in [5.74, 6) is -0.298. The van der Waals surface area contributed by atoms with Crippen molar-refractivity contribution < 1.29 is 14.5 Å². The van der Waals surface area contributed by atoms with E-state index in [4.69, 9.17) is 4.74 Å². The highest BCUT2D eigenvalue weighted by molar-refractivity contribution is 7.15. The molecule has 8 nitrogen and oxygen atoms in total. The number of hydrogen-bond donors (Lipinski definition) is 1. The molecule has 1 heterocycles. The summed E-state index contributed by atoms with van der Waals surface area (Å²) in [6.45, 7) is 1.82. The Morgan fingerprint density at radius 1 is 1.29 bits per heavy atom. The van der Waals surface area contributed by atoms with Crippen LogP contribution in [0.4, 0.5) is 5.69 Å². The van der Waals surface area contributed by atoms with Crippen LogP contribution >= 0.6 is 11.3 Å². The summed E-state index contributed by atoms with van der Waals surface area (Å²) in [6.07, 6.45) is 1.32. The van der Waals surface area contributed by atoms with Crippen LogP contribution in [0.2, 0.25) is 0 Å². The summed E-state index contributed by atoms with van der Waals surface area (Å²) in [5, 5.41) is 15.7. The fraction of sp³-hybridized carbons (Fsp3) is 0.105. The molecule has 0 saturated heterocycles. The van der Waals surface area contributed by atoms with Gasteiger partial charge >= 0.3 is 5.69 Å². The highest BCUT2D eigenvalue weighted by atomic mass is 32.1. The molecule has 1 N–H and O–H groups in total. The Balaban J connectivity index is 1.73. The van der Waals surface area contributed by atoms with Crippen LogP contribution in [-0.4, -0.2) is 29.1 Å². The third-order valence-electron chi connectivity index (χ3n) is 3.81. The maximum atomic E-state index is 12.4. The molecule has 0 aliphatic heterocycles. The van der Waals surface area contributed by atoms with E-state index in [-0.39, 0.29) is 11.4 Å². The minimum absolute atomic E-state index is 0.151. The van der Waals surface area contributed by atoms with Gasteiger partial charge in [0.15, 0.2) is 5.75 Å². The van der Waals surface area contributed by atoms with Gasteiger partial charge in [-0.15, -0.1) is 11.3 Å². The van der Waals surface area contributed by atoms with Crippen molar-refractivity contribution in [2.24, 2.45) is 5.10 Å². The number of thiazole rings is 1. The molecule has 0 unspecified atom stereocenters. The molecule has 0 saturated carbocycles. The minimum Gasteiger partial charge on any atom is -0.490 e. The predicted octanol–water partition coefficient (Wildman–Crippen LogP) is 3.80. The number of aryl methyl sites for hydroxylation is 1. The van der Waals surface area contributed by atoms with Gasteiger partial charge in [0.1, 0.15) is 10.7 Å². The molecular weight excluding hydrogens is 380 g/mol. The summed E-state index contributed by atoms with van der Waals surface area (Å²) in [5.41, 5.74) is 3.90. The van der Waals surface area contributed by atoms with Crippen LogP contribution in [0.15, 0.2) is 53.6 Å². The van der Waals surface area contributed by atoms with E-state index in [1.54, 1.807) is 6.07 Å². The van der Waals surface area contributed by atoms with Crippen LogP contribution in [-0.2, 0) is 0 Å². The Morgan fingerprint density at radius 2 is 2.04 bits per heavy atom. The molecule has 0 aliphatic rings. The number of hydrazone groups is 1. The zero-order chi connectivity index (χ0) is 20.1. The van der Waals surface area contributed by atoms with Gasteiger partial charge in [0, 0.05) is 22.1 Å². The van der Waals surface area contributed by atoms with Crippen molar-refractivity contribution in [3.05, 3.63) is 74.8 Å². The minimum atomic E-state index is -0.543. The number of amides is 1. The number of aromatic nitrogens is 1. The third-order valence-corrected chi connectivity index (χ3v) is 4.83. The van der Waals surface area contributed by atoms with Gasteiger partial charge in [0.05, 0.1) is 18.2 Å². The maximum Gasteiger partial charge on any atom is 0.311 e. The van der Waals surface area contributed by atoms with E-state index in [0.717, 1.165) is 15.4 Å². The van der Waals surface area contributed by atoms with Crippen LogP contribution in [0.5, 0.6) is 5.75 Å². The highest BCUT2D eigenvalue weighted by Crippen LogP contribution is 2.28. The van der Waals surface area contributed by atoms with Gasteiger partial charge in [-0.3, -0.25) is 14.9 Å². The number of methoxy groups -OCH3 is 1. The molecule has 3 aromatic rings. The van der Waals surface area contributed by atoms with Crippen LogP contribution in [0.3, 0.4) is 0 Å². The Hall–Kier alpha value is -3.59. The summed E-state index contributed by atoms with van der Waals surface area (Å²) >= 11 is 1.42. The molecule has 0 bridgehead atoms. The van der Waals surface area contributed by atoms with Crippen molar-refractivity contribution >= 4 is 29.1 Å². The quantitative estimate of drug-likeness (QED) is 0.387. The second kappa shape index (κ2) is 8.40. The molecule has 2 aromatic carbocycles. The molecule has 0 atom stereocenters. The lowest BCUT2D eigenvalue weighted by molar-refractivity contribution is -0.385. The smallest absolute Gasteiger partial charge is 0.311 e. The Morgan fingerprint density at radius 3 is 2.71 bits per heavy atom. The van der Waals surface area contributed by atoms with Crippen molar-refractivity contribution in [3.8, 4) is 16.3 Å². The van der Waals surface area contributed by atoms with E-state index in [9.17, 15) is 14.9 Å². The molecule has 1 aromatic heterocycles. The van der Waals surface area contributed by atoms with E-state index in [1.165, 1.54) is 36.8 Å². The van der Waals surface area contributed by atoms with E-state index < -0.39 is 10.8 Å². The molecule has 0 radical (unpaired) electrons. The van der Waals surface area contributed by atoms with Gasteiger partial charge in [-0.2, -0.15) is 5.10 Å². The SMILES string of the molecule is COc1ccc(/C=N\NC(=O)c2nc(-c3ccccc3)sc2C)cc1[N+](=O)[O-]. The molecule has 9 heteroatoms. The first-order chi connectivity index (χ1) is 13.5. The molecule has 1 amide bonds. The van der Waals surface area contributed by atoms with Crippen molar-refractivity contribution in [1.82, 2.24) is 10.4 Å². The van der Waals surface area contributed by atoms with Crippen LogP contribution in [0.25, 0.3) is 10.6 Å². The topological polar surface area (TPSA) is 107 Å². The monoisotopic (exact) mass is 396 g/mol. The van der Waals surface area contributed by atoms with E-state index in [2.05, 4.69) is 15.5 Å². The van der Waals surface area contributed by atoms with Crippen molar-refractivity contribution in [1.29, 1.82) is 0 Å². The summed E-state index contributed by atoms with van der Waals surface area (Å²) in [7, 11) is 1.36. The van der Waals surface area contributed by atoms with Gasteiger partial charge < -0.3 is 4.74 Å². The zero-order valence-corrected chi connectivity index (χ0v) is 15.9. The molecule has 0 aliphatic carbocycles. The van der Waals surface area contributed by atoms with Gasteiger partial charge in [-0.1, -0.05) is 30.3 Å². The number of nitrogens with zero attached hydrogens (tertiary/aromatic N) is 3. The average Bonchev–Trinajstić information content (AvgIpc) is 3.10. The summed E-state index contributed by atoms with van der Waals surface area (Å²) in [6, 6.07) is 14.0. The molecule has 28 heavy (non-hydrogen) atoms.